The minimum atomic E-state index is -0.128. The molecule has 1 amide bonds. The first-order chi connectivity index (χ1) is 13.6. The molecule has 1 N–H and O–H groups in total. The van der Waals surface area contributed by atoms with Crippen LogP contribution >= 0.6 is 11.8 Å². The van der Waals surface area contributed by atoms with Crippen molar-refractivity contribution < 1.29 is 9.53 Å². The second-order valence-electron chi connectivity index (χ2n) is 6.40. The van der Waals surface area contributed by atoms with Crippen LogP contribution in [-0.2, 0) is 4.79 Å². The molecule has 0 spiro atoms. The minimum absolute atomic E-state index is 0.0696. The number of nitrogens with one attached hydrogen (secondary N) is 1. The van der Waals surface area contributed by atoms with Crippen LogP contribution < -0.4 is 10.1 Å². The van der Waals surface area contributed by atoms with Gasteiger partial charge in [0.15, 0.2) is 5.17 Å². The summed E-state index contributed by atoms with van der Waals surface area (Å²) in [7, 11) is 1.64. The molecule has 1 unspecified atom stereocenters. The van der Waals surface area contributed by atoms with Gasteiger partial charge in [-0.2, -0.15) is 0 Å². The molecule has 1 aliphatic rings. The van der Waals surface area contributed by atoms with Gasteiger partial charge in [0, 0.05) is 11.6 Å². The molecule has 1 aliphatic heterocycles. The SMILES string of the molecule is COc1ccc(C(C)N=C2NC(=O)/C(=C/c3ccc4ncccc4c3)S2)cc1. The average molecular weight is 389 g/mol. The zero-order valence-electron chi connectivity index (χ0n) is 15.5. The monoisotopic (exact) mass is 389 g/mol. The topological polar surface area (TPSA) is 63.6 Å². The van der Waals surface area contributed by atoms with Crippen LogP contribution in [0.2, 0.25) is 0 Å². The Labute approximate surface area is 167 Å². The summed E-state index contributed by atoms with van der Waals surface area (Å²) in [4.78, 5) is 21.9. The molecule has 5 nitrogen and oxygen atoms in total. The quantitative estimate of drug-likeness (QED) is 0.664. The highest BCUT2D eigenvalue weighted by atomic mass is 32.2. The lowest BCUT2D eigenvalue weighted by Crippen LogP contribution is -2.20. The number of hydrogen-bond acceptors (Lipinski definition) is 5. The fraction of sp³-hybridized carbons (Fsp3) is 0.136. The van der Waals surface area contributed by atoms with E-state index in [1.54, 1.807) is 13.3 Å². The number of amides is 1. The second-order valence-corrected chi connectivity index (χ2v) is 7.43. The van der Waals surface area contributed by atoms with Crippen LogP contribution in [0.3, 0.4) is 0 Å². The molecule has 3 aromatic rings. The number of amidine groups is 1. The molecule has 1 atom stereocenters. The van der Waals surface area contributed by atoms with E-state index in [1.807, 2.05) is 67.6 Å². The maximum Gasteiger partial charge on any atom is 0.264 e. The molecule has 1 fully saturated rings. The van der Waals surface area contributed by atoms with Gasteiger partial charge in [0.1, 0.15) is 5.75 Å². The summed E-state index contributed by atoms with van der Waals surface area (Å²) < 4.78 is 5.19. The highest BCUT2D eigenvalue weighted by molar-refractivity contribution is 8.18. The number of methoxy groups -OCH3 is 1. The van der Waals surface area contributed by atoms with Gasteiger partial charge in [0.2, 0.25) is 0 Å². The van der Waals surface area contributed by atoms with E-state index < -0.39 is 0 Å². The van der Waals surface area contributed by atoms with E-state index in [9.17, 15) is 4.79 Å². The van der Waals surface area contributed by atoms with Crippen molar-refractivity contribution in [3.05, 3.63) is 76.8 Å². The number of benzene rings is 2. The maximum absolute atomic E-state index is 12.3. The summed E-state index contributed by atoms with van der Waals surface area (Å²) in [5, 5.41) is 4.51. The van der Waals surface area contributed by atoms with E-state index in [0.717, 1.165) is 27.8 Å². The van der Waals surface area contributed by atoms with Crippen LogP contribution in [0.15, 0.2) is 70.7 Å². The van der Waals surface area contributed by atoms with E-state index in [-0.39, 0.29) is 11.9 Å². The van der Waals surface area contributed by atoms with Crippen molar-refractivity contribution in [3.63, 3.8) is 0 Å². The number of carbonyl (C=O) groups excluding carboxylic acids is 1. The largest absolute Gasteiger partial charge is 0.497 e. The number of fused-ring (bicyclic) bond motifs is 1. The Balaban J connectivity index is 1.53. The Morgan fingerprint density at radius 2 is 2.00 bits per heavy atom. The number of thioether (sulfide) groups is 1. The van der Waals surface area contributed by atoms with Gasteiger partial charge >= 0.3 is 0 Å². The first-order valence-electron chi connectivity index (χ1n) is 8.90. The Bertz CT molecular complexity index is 1090. The Morgan fingerprint density at radius 3 is 2.79 bits per heavy atom. The molecule has 0 aliphatic carbocycles. The normalized spacial score (nSPS) is 17.9. The third-order valence-electron chi connectivity index (χ3n) is 4.48. The summed E-state index contributed by atoms with van der Waals surface area (Å²) >= 11 is 1.36. The zero-order chi connectivity index (χ0) is 19.5. The zero-order valence-corrected chi connectivity index (χ0v) is 16.4. The molecular weight excluding hydrogens is 370 g/mol. The second kappa shape index (κ2) is 7.86. The number of carbonyl (C=O) groups is 1. The van der Waals surface area contributed by atoms with Crippen LogP contribution in [0, 0.1) is 0 Å². The molecule has 0 bridgehead atoms. The number of ether oxygens (including phenoxy) is 1. The van der Waals surface area contributed by atoms with Crippen molar-refractivity contribution in [2.75, 3.05) is 7.11 Å². The van der Waals surface area contributed by atoms with Gasteiger partial charge in [0.25, 0.3) is 5.91 Å². The Hall–Kier alpha value is -3.12. The maximum atomic E-state index is 12.3. The smallest absolute Gasteiger partial charge is 0.264 e. The summed E-state index contributed by atoms with van der Waals surface area (Å²) in [6.07, 6.45) is 3.65. The lowest BCUT2D eigenvalue weighted by Gasteiger charge is -2.08. The molecule has 140 valence electrons. The number of aliphatic imine (C=N–C) groups is 1. The van der Waals surface area contributed by atoms with Crippen molar-refractivity contribution in [3.8, 4) is 5.75 Å². The standard InChI is InChI=1S/C22H19N3O2S/c1-14(16-6-8-18(27-2)9-7-16)24-22-25-21(26)20(28-22)13-15-5-10-19-17(12-15)4-3-11-23-19/h3-14H,1-2H3,(H,24,25,26)/b20-13-. The number of hydrogen-bond donors (Lipinski definition) is 1. The number of nitrogens with zero attached hydrogens (tertiary/aromatic N) is 2. The van der Waals surface area contributed by atoms with E-state index in [4.69, 9.17) is 4.74 Å². The van der Waals surface area contributed by atoms with Gasteiger partial charge in [-0.25, -0.2) is 0 Å². The van der Waals surface area contributed by atoms with Crippen molar-refractivity contribution in [1.82, 2.24) is 10.3 Å². The van der Waals surface area contributed by atoms with Crippen LogP contribution in [-0.4, -0.2) is 23.2 Å². The fourth-order valence-electron chi connectivity index (χ4n) is 2.96. The van der Waals surface area contributed by atoms with Gasteiger partial charge < -0.3 is 10.1 Å². The lowest BCUT2D eigenvalue weighted by molar-refractivity contribution is -0.115. The van der Waals surface area contributed by atoms with Crippen molar-refractivity contribution >= 4 is 39.8 Å². The molecule has 4 rings (SSSR count). The number of aromatic nitrogens is 1. The van der Waals surface area contributed by atoms with Crippen molar-refractivity contribution in [2.24, 2.45) is 4.99 Å². The molecule has 2 heterocycles. The third kappa shape index (κ3) is 3.92. The van der Waals surface area contributed by atoms with Crippen molar-refractivity contribution in [2.45, 2.75) is 13.0 Å². The van der Waals surface area contributed by atoms with Gasteiger partial charge in [-0.15, -0.1) is 0 Å². The highest BCUT2D eigenvalue weighted by Crippen LogP contribution is 2.29. The predicted molar refractivity (Wildman–Crippen MR) is 114 cm³/mol. The third-order valence-corrected chi connectivity index (χ3v) is 5.41. The Morgan fingerprint density at radius 1 is 1.18 bits per heavy atom. The van der Waals surface area contributed by atoms with Crippen LogP contribution in [0.4, 0.5) is 0 Å². The first-order valence-corrected chi connectivity index (χ1v) is 9.71. The highest BCUT2D eigenvalue weighted by Gasteiger charge is 2.24. The summed E-state index contributed by atoms with van der Waals surface area (Å²) in [6.45, 7) is 2.00. The molecule has 1 aromatic heterocycles. The van der Waals surface area contributed by atoms with Gasteiger partial charge in [0.05, 0.1) is 23.6 Å². The van der Waals surface area contributed by atoms with Crippen LogP contribution in [0.25, 0.3) is 17.0 Å². The molecule has 0 saturated carbocycles. The van der Waals surface area contributed by atoms with Gasteiger partial charge in [-0.3, -0.25) is 14.8 Å². The van der Waals surface area contributed by atoms with E-state index in [0.29, 0.717) is 10.1 Å². The van der Waals surface area contributed by atoms with Crippen LogP contribution in [0.1, 0.15) is 24.1 Å². The minimum Gasteiger partial charge on any atom is -0.497 e. The summed E-state index contributed by atoms with van der Waals surface area (Å²) in [6, 6.07) is 17.6. The molecule has 6 heteroatoms. The summed E-state index contributed by atoms with van der Waals surface area (Å²) in [5.74, 6) is 0.680. The van der Waals surface area contributed by atoms with Gasteiger partial charge in [-0.05, 0) is 66.2 Å². The molecule has 28 heavy (non-hydrogen) atoms. The first kappa shape index (κ1) is 18.3. The van der Waals surface area contributed by atoms with Gasteiger partial charge in [-0.1, -0.05) is 24.3 Å². The molecule has 1 saturated heterocycles. The Kier molecular flexibility index (Phi) is 5.12. The fourth-order valence-corrected chi connectivity index (χ4v) is 3.86. The average Bonchev–Trinajstić information content (AvgIpc) is 3.06. The summed E-state index contributed by atoms with van der Waals surface area (Å²) in [5.41, 5.74) is 2.95. The predicted octanol–water partition coefficient (Wildman–Crippen LogP) is 4.56. The molecule has 0 radical (unpaired) electrons. The van der Waals surface area contributed by atoms with E-state index in [1.165, 1.54) is 11.8 Å². The van der Waals surface area contributed by atoms with Crippen molar-refractivity contribution in [1.29, 1.82) is 0 Å². The number of rotatable bonds is 4. The van der Waals surface area contributed by atoms with E-state index >= 15 is 0 Å². The lowest BCUT2D eigenvalue weighted by atomic mass is 10.1. The molecular formula is C22H19N3O2S. The van der Waals surface area contributed by atoms with E-state index in [2.05, 4.69) is 15.3 Å². The molecule has 2 aromatic carbocycles. The van der Waals surface area contributed by atoms with Crippen LogP contribution in [0.5, 0.6) is 5.75 Å². The number of pyridine rings is 1.